The Balaban J connectivity index is 1.43. The molecule has 1 amide bonds. The van der Waals surface area contributed by atoms with Gasteiger partial charge >= 0.3 is 0 Å². The van der Waals surface area contributed by atoms with Gasteiger partial charge in [0.1, 0.15) is 5.82 Å². The maximum Gasteiger partial charge on any atom is 0.254 e. The van der Waals surface area contributed by atoms with E-state index in [4.69, 9.17) is 0 Å². The van der Waals surface area contributed by atoms with E-state index in [1.165, 1.54) is 45.2 Å². The minimum Gasteiger partial charge on any atom is -0.356 e. The maximum atomic E-state index is 13.4. The maximum absolute atomic E-state index is 13.4. The van der Waals surface area contributed by atoms with Gasteiger partial charge < -0.3 is 14.7 Å². The monoisotopic (exact) mass is 384 g/mol. The Kier molecular flexibility index (Phi) is 6.50. The molecule has 4 rings (SSSR count). The summed E-state index contributed by atoms with van der Waals surface area (Å²) in [5.74, 6) is 1.88. The Bertz CT molecular complexity index is 658. The predicted molar refractivity (Wildman–Crippen MR) is 114 cm³/mol. The summed E-state index contributed by atoms with van der Waals surface area (Å²) in [6.07, 6.45) is 11.7. The van der Waals surface area contributed by atoms with Gasteiger partial charge in [0.05, 0.1) is 0 Å². The molecule has 154 valence electrons. The molecule has 0 aromatic carbocycles. The quantitative estimate of drug-likeness (QED) is 0.774. The lowest BCUT2D eigenvalue weighted by atomic mass is 9.97. The zero-order valence-corrected chi connectivity index (χ0v) is 17.5. The summed E-state index contributed by atoms with van der Waals surface area (Å²) in [5, 5.41) is 0. The Morgan fingerprint density at radius 2 is 1.89 bits per heavy atom. The Morgan fingerprint density at radius 3 is 2.71 bits per heavy atom. The summed E-state index contributed by atoms with van der Waals surface area (Å²) in [7, 11) is 0. The molecule has 3 aliphatic heterocycles. The molecule has 1 aromatic rings. The minimum atomic E-state index is 0.208. The number of likely N-dealkylation sites (tertiary alicyclic amines) is 2. The molecule has 0 spiro atoms. The lowest BCUT2D eigenvalue weighted by Crippen LogP contribution is -2.45. The molecular formula is C23H36N4O. The van der Waals surface area contributed by atoms with Crippen molar-refractivity contribution in [2.45, 2.75) is 64.3 Å². The average Bonchev–Trinajstić information content (AvgIpc) is 3.26. The van der Waals surface area contributed by atoms with Crippen molar-refractivity contribution in [3.8, 4) is 0 Å². The number of hydrogen-bond donors (Lipinski definition) is 0. The first kappa shape index (κ1) is 19.7. The van der Waals surface area contributed by atoms with E-state index >= 15 is 0 Å². The van der Waals surface area contributed by atoms with Crippen LogP contribution in [-0.4, -0.2) is 66.0 Å². The smallest absolute Gasteiger partial charge is 0.254 e. The number of aromatic nitrogens is 1. The van der Waals surface area contributed by atoms with E-state index in [-0.39, 0.29) is 5.91 Å². The van der Waals surface area contributed by atoms with Crippen molar-refractivity contribution in [2.75, 3.05) is 44.2 Å². The van der Waals surface area contributed by atoms with Crippen LogP contribution in [0.4, 0.5) is 5.82 Å². The number of carbonyl (C=O) groups excluding carboxylic acids is 1. The zero-order valence-electron chi connectivity index (χ0n) is 17.5. The van der Waals surface area contributed by atoms with Gasteiger partial charge in [0.2, 0.25) is 0 Å². The third kappa shape index (κ3) is 4.68. The van der Waals surface area contributed by atoms with Gasteiger partial charge in [-0.2, -0.15) is 0 Å². The normalized spacial score (nSPS) is 26.6. The van der Waals surface area contributed by atoms with Gasteiger partial charge in [0, 0.05) is 44.0 Å². The molecule has 0 unspecified atom stereocenters. The predicted octanol–water partition coefficient (Wildman–Crippen LogP) is 3.80. The molecule has 5 heteroatoms. The van der Waals surface area contributed by atoms with E-state index in [1.807, 2.05) is 18.3 Å². The highest BCUT2D eigenvalue weighted by Gasteiger charge is 2.29. The lowest BCUT2D eigenvalue weighted by Gasteiger charge is -2.37. The van der Waals surface area contributed by atoms with Crippen LogP contribution in [0.1, 0.15) is 68.6 Å². The molecule has 3 fully saturated rings. The van der Waals surface area contributed by atoms with Gasteiger partial charge in [-0.15, -0.1) is 0 Å². The van der Waals surface area contributed by atoms with Crippen LogP contribution in [0.3, 0.4) is 0 Å². The van der Waals surface area contributed by atoms with Crippen LogP contribution in [0.5, 0.6) is 0 Å². The number of pyridine rings is 1. The number of carbonyl (C=O) groups is 1. The molecule has 0 saturated carbocycles. The van der Waals surface area contributed by atoms with Crippen LogP contribution in [0.2, 0.25) is 0 Å². The van der Waals surface area contributed by atoms with Crippen molar-refractivity contribution in [3.63, 3.8) is 0 Å². The fraction of sp³-hybridized carbons (Fsp3) is 0.739. The number of anilines is 1. The molecular weight excluding hydrogens is 348 g/mol. The molecule has 3 saturated heterocycles. The van der Waals surface area contributed by atoms with Crippen LogP contribution in [-0.2, 0) is 0 Å². The van der Waals surface area contributed by atoms with Crippen molar-refractivity contribution < 1.29 is 4.79 Å². The molecule has 0 radical (unpaired) electrons. The topological polar surface area (TPSA) is 39.7 Å². The summed E-state index contributed by atoms with van der Waals surface area (Å²) in [5.41, 5.74) is 0.816. The van der Waals surface area contributed by atoms with Crippen LogP contribution in [0.25, 0.3) is 0 Å². The number of nitrogens with zero attached hydrogens (tertiary/aromatic N) is 4. The highest BCUT2D eigenvalue weighted by Crippen LogP contribution is 2.25. The van der Waals surface area contributed by atoms with Crippen molar-refractivity contribution in [3.05, 3.63) is 23.9 Å². The standard InChI is InChI=1S/C23H36N4O/c1-19-7-6-14-26(18-19)22-17-20(9-11-24-22)23(28)27-15-3-2-8-21(27)10-16-25-12-4-5-13-25/h9,11,17,19,21H,2-8,10,12-16,18H2,1H3/t19-,21-/m1/s1. The van der Waals surface area contributed by atoms with Crippen molar-refractivity contribution in [1.29, 1.82) is 0 Å². The third-order valence-corrected chi connectivity index (χ3v) is 6.84. The van der Waals surface area contributed by atoms with Crippen LogP contribution in [0, 0.1) is 5.92 Å². The highest BCUT2D eigenvalue weighted by molar-refractivity contribution is 5.95. The molecule has 1 aromatic heterocycles. The van der Waals surface area contributed by atoms with E-state index in [0.29, 0.717) is 12.0 Å². The van der Waals surface area contributed by atoms with Gasteiger partial charge in [0.15, 0.2) is 0 Å². The van der Waals surface area contributed by atoms with E-state index < -0.39 is 0 Å². The van der Waals surface area contributed by atoms with Crippen molar-refractivity contribution >= 4 is 11.7 Å². The fourth-order valence-corrected chi connectivity index (χ4v) is 5.19. The molecule has 3 aliphatic rings. The molecule has 4 heterocycles. The molecule has 5 nitrogen and oxygen atoms in total. The number of rotatable bonds is 5. The Hall–Kier alpha value is -1.62. The number of amides is 1. The molecule has 28 heavy (non-hydrogen) atoms. The van der Waals surface area contributed by atoms with Gasteiger partial charge in [-0.05, 0) is 82.5 Å². The SMILES string of the molecule is C[C@@H]1CCCN(c2cc(C(=O)N3CCCC[C@@H]3CCN3CCCC3)ccn2)C1. The van der Waals surface area contributed by atoms with Gasteiger partial charge in [0.25, 0.3) is 5.91 Å². The molecule has 0 N–H and O–H groups in total. The Morgan fingerprint density at radius 1 is 1.07 bits per heavy atom. The largest absolute Gasteiger partial charge is 0.356 e. The van der Waals surface area contributed by atoms with Crippen molar-refractivity contribution in [2.24, 2.45) is 5.92 Å². The molecule has 0 bridgehead atoms. The molecule has 2 atom stereocenters. The second-order valence-corrected chi connectivity index (χ2v) is 9.08. The van der Waals surface area contributed by atoms with E-state index in [1.54, 1.807) is 0 Å². The van der Waals surface area contributed by atoms with Crippen LogP contribution < -0.4 is 4.90 Å². The minimum absolute atomic E-state index is 0.208. The average molecular weight is 385 g/mol. The van der Waals surface area contributed by atoms with Crippen molar-refractivity contribution in [1.82, 2.24) is 14.8 Å². The third-order valence-electron chi connectivity index (χ3n) is 6.84. The zero-order chi connectivity index (χ0) is 19.3. The second kappa shape index (κ2) is 9.25. The van der Waals surface area contributed by atoms with E-state index in [2.05, 4.69) is 26.6 Å². The first-order chi connectivity index (χ1) is 13.7. The summed E-state index contributed by atoms with van der Waals surface area (Å²) in [4.78, 5) is 25.0. The summed E-state index contributed by atoms with van der Waals surface area (Å²) >= 11 is 0. The fourth-order valence-electron chi connectivity index (χ4n) is 5.19. The van der Waals surface area contributed by atoms with E-state index in [0.717, 1.165) is 56.8 Å². The number of hydrogen-bond acceptors (Lipinski definition) is 4. The van der Waals surface area contributed by atoms with Gasteiger partial charge in [-0.25, -0.2) is 4.98 Å². The van der Waals surface area contributed by atoms with Crippen LogP contribution in [0.15, 0.2) is 18.3 Å². The first-order valence-electron chi connectivity index (χ1n) is 11.4. The van der Waals surface area contributed by atoms with Gasteiger partial charge in [-0.3, -0.25) is 4.79 Å². The lowest BCUT2D eigenvalue weighted by molar-refractivity contribution is 0.0588. The van der Waals surface area contributed by atoms with Gasteiger partial charge in [-0.1, -0.05) is 6.92 Å². The second-order valence-electron chi connectivity index (χ2n) is 9.08. The highest BCUT2D eigenvalue weighted by atomic mass is 16.2. The van der Waals surface area contributed by atoms with Crippen LogP contribution >= 0.6 is 0 Å². The summed E-state index contributed by atoms with van der Waals surface area (Å²) in [6.45, 7) is 8.93. The van der Waals surface area contributed by atoms with E-state index in [9.17, 15) is 4.79 Å². The Labute approximate surface area is 170 Å². The summed E-state index contributed by atoms with van der Waals surface area (Å²) < 4.78 is 0. The number of piperidine rings is 2. The summed E-state index contributed by atoms with van der Waals surface area (Å²) in [6, 6.07) is 4.34. The first-order valence-corrected chi connectivity index (χ1v) is 11.4. The molecule has 0 aliphatic carbocycles.